The first-order valence-electron chi connectivity index (χ1n) is 7.05. The smallest absolute Gasteiger partial charge is 0.335 e. The molecule has 3 saturated heterocycles. The maximum absolute atomic E-state index is 11.1. The van der Waals surface area contributed by atoms with Crippen molar-refractivity contribution in [2.75, 3.05) is 25.0 Å². The highest BCUT2D eigenvalue weighted by atomic mass is 16.6. The summed E-state index contributed by atoms with van der Waals surface area (Å²) >= 11 is 0. The molecule has 1 atom stereocenters. The van der Waals surface area contributed by atoms with Gasteiger partial charge in [0.05, 0.1) is 10.5 Å². The molecule has 0 aromatic heterocycles. The Morgan fingerprint density at radius 3 is 2.62 bits per heavy atom. The summed E-state index contributed by atoms with van der Waals surface area (Å²) in [7, 11) is 0. The van der Waals surface area contributed by atoms with Crippen LogP contribution >= 0.6 is 0 Å². The van der Waals surface area contributed by atoms with Crippen LogP contribution in [0.2, 0.25) is 0 Å². The first-order valence-corrected chi connectivity index (χ1v) is 7.05. The molecule has 1 aromatic carbocycles. The molecule has 3 aliphatic rings. The maximum atomic E-state index is 11.1. The van der Waals surface area contributed by atoms with Crippen molar-refractivity contribution in [2.45, 2.75) is 18.9 Å². The number of rotatable bonds is 4. The number of aromatic carboxylic acids is 1. The molecule has 0 radical (unpaired) electrons. The van der Waals surface area contributed by atoms with E-state index in [2.05, 4.69) is 10.2 Å². The number of nitro groups is 1. The second kappa shape index (κ2) is 5.33. The number of nitro benzene ring substituents is 1. The number of anilines is 1. The monoisotopic (exact) mass is 291 g/mol. The van der Waals surface area contributed by atoms with Crippen LogP contribution in [-0.4, -0.2) is 46.6 Å². The first kappa shape index (κ1) is 13.8. The minimum Gasteiger partial charge on any atom is -0.478 e. The summed E-state index contributed by atoms with van der Waals surface area (Å²) in [4.78, 5) is 24.0. The topological polar surface area (TPSA) is 95.7 Å². The third-order valence-electron chi connectivity index (χ3n) is 4.44. The van der Waals surface area contributed by atoms with E-state index in [4.69, 9.17) is 5.11 Å². The Morgan fingerprint density at radius 2 is 2.10 bits per heavy atom. The Balaban J connectivity index is 1.87. The minimum absolute atomic E-state index is 0.0596. The molecule has 7 heteroatoms. The van der Waals surface area contributed by atoms with Crippen LogP contribution in [0.4, 0.5) is 11.4 Å². The fraction of sp³-hybridized carbons (Fsp3) is 0.500. The number of carboxylic acids is 1. The highest BCUT2D eigenvalue weighted by Crippen LogP contribution is 2.33. The van der Waals surface area contributed by atoms with E-state index in [1.807, 2.05) is 0 Å². The molecule has 2 N–H and O–H groups in total. The predicted molar refractivity (Wildman–Crippen MR) is 76.6 cm³/mol. The Morgan fingerprint density at radius 1 is 1.38 bits per heavy atom. The van der Waals surface area contributed by atoms with Crippen molar-refractivity contribution in [1.29, 1.82) is 0 Å². The van der Waals surface area contributed by atoms with Crippen molar-refractivity contribution in [3.8, 4) is 0 Å². The zero-order chi connectivity index (χ0) is 15.0. The molecule has 21 heavy (non-hydrogen) atoms. The third kappa shape index (κ3) is 2.69. The van der Waals surface area contributed by atoms with Crippen molar-refractivity contribution in [3.63, 3.8) is 0 Å². The van der Waals surface area contributed by atoms with E-state index in [0.717, 1.165) is 32.5 Å². The normalized spacial score (nSPS) is 27.3. The number of hydrogen-bond donors (Lipinski definition) is 2. The SMILES string of the molecule is O=C(O)c1ccc([N+](=O)[O-])c(NC2CN3CCC2CC3)c1. The van der Waals surface area contributed by atoms with Crippen LogP contribution in [0, 0.1) is 16.0 Å². The molecule has 3 aliphatic heterocycles. The van der Waals surface area contributed by atoms with Gasteiger partial charge in [-0.1, -0.05) is 0 Å². The summed E-state index contributed by atoms with van der Waals surface area (Å²) in [5.41, 5.74) is 0.291. The second-order valence-electron chi connectivity index (χ2n) is 5.68. The lowest BCUT2D eigenvalue weighted by Crippen LogP contribution is -2.53. The average molecular weight is 291 g/mol. The van der Waals surface area contributed by atoms with Crippen molar-refractivity contribution >= 4 is 17.3 Å². The summed E-state index contributed by atoms with van der Waals surface area (Å²) in [6.07, 6.45) is 2.17. The summed E-state index contributed by atoms with van der Waals surface area (Å²) < 4.78 is 0. The molecule has 4 rings (SSSR count). The Bertz CT molecular complexity index is 582. The number of fused-ring (bicyclic) bond motifs is 3. The van der Waals surface area contributed by atoms with Gasteiger partial charge in [-0.05, 0) is 44.0 Å². The highest BCUT2D eigenvalue weighted by molar-refractivity contribution is 5.90. The van der Waals surface area contributed by atoms with Gasteiger partial charge in [-0.2, -0.15) is 0 Å². The van der Waals surface area contributed by atoms with Crippen LogP contribution in [-0.2, 0) is 0 Å². The second-order valence-corrected chi connectivity index (χ2v) is 5.68. The van der Waals surface area contributed by atoms with Crippen molar-refractivity contribution in [3.05, 3.63) is 33.9 Å². The van der Waals surface area contributed by atoms with Gasteiger partial charge in [-0.15, -0.1) is 0 Å². The van der Waals surface area contributed by atoms with Gasteiger partial charge in [-0.3, -0.25) is 10.1 Å². The standard InChI is InChI=1S/C14H17N3O4/c18-14(19)10-1-2-13(17(20)21)11(7-10)15-12-8-16-5-3-9(12)4-6-16/h1-2,7,9,12,15H,3-6,8H2,(H,18,19). The van der Waals surface area contributed by atoms with Crippen LogP contribution in [0.5, 0.6) is 0 Å². The van der Waals surface area contributed by atoms with E-state index in [0.29, 0.717) is 11.6 Å². The Labute approximate surface area is 121 Å². The number of carboxylic acid groups (broad SMARTS) is 1. The van der Waals surface area contributed by atoms with E-state index >= 15 is 0 Å². The van der Waals surface area contributed by atoms with Gasteiger partial charge in [-0.25, -0.2) is 4.79 Å². The number of nitrogens with zero attached hydrogens (tertiary/aromatic N) is 2. The lowest BCUT2D eigenvalue weighted by molar-refractivity contribution is -0.384. The molecule has 1 unspecified atom stereocenters. The molecule has 1 aromatic rings. The lowest BCUT2D eigenvalue weighted by Gasteiger charge is -2.45. The fourth-order valence-corrected chi connectivity index (χ4v) is 3.27. The van der Waals surface area contributed by atoms with E-state index in [-0.39, 0.29) is 17.3 Å². The van der Waals surface area contributed by atoms with Crippen LogP contribution in [0.1, 0.15) is 23.2 Å². The molecule has 3 heterocycles. The molecule has 7 nitrogen and oxygen atoms in total. The van der Waals surface area contributed by atoms with Crippen LogP contribution in [0.15, 0.2) is 18.2 Å². The molecule has 0 spiro atoms. The highest BCUT2D eigenvalue weighted by Gasteiger charge is 2.35. The van der Waals surface area contributed by atoms with Gasteiger partial charge < -0.3 is 15.3 Å². The summed E-state index contributed by atoms with van der Waals surface area (Å²) in [5.74, 6) is -0.579. The Kier molecular flexibility index (Phi) is 3.50. The Hall–Kier alpha value is -2.15. The predicted octanol–water partition coefficient (Wildman–Crippen LogP) is 1.80. The zero-order valence-electron chi connectivity index (χ0n) is 11.5. The molecule has 0 aliphatic carbocycles. The van der Waals surface area contributed by atoms with E-state index in [1.165, 1.54) is 18.2 Å². The first-order chi connectivity index (χ1) is 10.0. The lowest BCUT2D eigenvalue weighted by atomic mass is 9.84. The molecule has 0 saturated carbocycles. The van der Waals surface area contributed by atoms with Crippen LogP contribution < -0.4 is 5.32 Å². The largest absolute Gasteiger partial charge is 0.478 e. The average Bonchev–Trinajstić information content (AvgIpc) is 2.48. The van der Waals surface area contributed by atoms with E-state index in [1.54, 1.807) is 0 Å². The van der Waals surface area contributed by atoms with E-state index in [9.17, 15) is 14.9 Å². The van der Waals surface area contributed by atoms with Gasteiger partial charge >= 0.3 is 5.97 Å². The summed E-state index contributed by atoms with van der Waals surface area (Å²) in [5, 5.41) is 23.4. The number of piperidine rings is 3. The number of carbonyl (C=O) groups is 1. The third-order valence-corrected chi connectivity index (χ3v) is 4.44. The zero-order valence-corrected chi connectivity index (χ0v) is 11.5. The summed E-state index contributed by atoms with van der Waals surface area (Å²) in [6.45, 7) is 3.03. The van der Waals surface area contributed by atoms with Crippen LogP contribution in [0.25, 0.3) is 0 Å². The number of hydrogen-bond acceptors (Lipinski definition) is 5. The van der Waals surface area contributed by atoms with Gasteiger partial charge in [0.2, 0.25) is 0 Å². The fourth-order valence-electron chi connectivity index (χ4n) is 3.27. The van der Waals surface area contributed by atoms with Crippen molar-refractivity contribution in [1.82, 2.24) is 4.90 Å². The molecule has 2 bridgehead atoms. The van der Waals surface area contributed by atoms with Crippen molar-refractivity contribution in [2.24, 2.45) is 5.92 Å². The van der Waals surface area contributed by atoms with Crippen molar-refractivity contribution < 1.29 is 14.8 Å². The quantitative estimate of drug-likeness (QED) is 0.648. The number of benzene rings is 1. The molecule has 112 valence electrons. The van der Waals surface area contributed by atoms with Gasteiger partial charge in [0, 0.05) is 18.7 Å². The summed E-state index contributed by atoms with van der Waals surface area (Å²) in [6, 6.07) is 4.03. The molecular weight excluding hydrogens is 274 g/mol. The van der Waals surface area contributed by atoms with Gasteiger partial charge in [0.15, 0.2) is 0 Å². The molecule has 3 fully saturated rings. The van der Waals surface area contributed by atoms with E-state index < -0.39 is 10.9 Å². The number of nitrogens with one attached hydrogen (secondary N) is 1. The van der Waals surface area contributed by atoms with Gasteiger partial charge in [0.25, 0.3) is 5.69 Å². The van der Waals surface area contributed by atoms with Gasteiger partial charge in [0.1, 0.15) is 5.69 Å². The minimum atomic E-state index is -1.08. The maximum Gasteiger partial charge on any atom is 0.335 e. The molecule has 0 amide bonds. The molecular formula is C14H17N3O4. The van der Waals surface area contributed by atoms with Crippen LogP contribution in [0.3, 0.4) is 0 Å².